The van der Waals surface area contributed by atoms with Crippen LogP contribution in [0.2, 0.25) is 0 Å². The molecule has 21 heavy (non-hydrogen) atoms. The van der Waals surface area contributed by atoms with E-state index in [2.05, 4.69) is 34.5 Å². The summed E-state index contributed by atoms with van der Waals surface area (Å²) in [6.07, 6.45) is 1.61. The third-order valence-electron chi connectivity index (χ3n) is 3.87. The molecule has 0 unspecified atom stereocenters. The van der Waals surface area contributed by atoms with E-state index < -0.39 is 0 Å². The fourth-order valence-electron chi connectivity index (χ4n) is 2.73. The lowest BCUT2D eigenvalue weighted by Crippen LogP contribution is -2.38. The number of thiophene rings is 1. The van der Waals surface area contributed by atoms with Crippen LogP contribution < -0.4 is 5.32 Å². The second-order valence-electron chi connectivity index (χ2n) is 5.40. The first kappa shape index (κ1) is 14.3. The smallest absolute Gasteiger partial charge is 0.225 e. The second-order valence-corrected chi connectivity index (χ2v) is 6.43. The third kappa shape index (κ3) is 3.93. The van der Waals surface area contributed by atoms with Gasteiger partial charge < -0.3 is 5.32 Å². The van der Waals surface area contributed by atoms with Gasteiger partial charge in [0.1, 0.15) is 0 Å². The van der Waals surface area contributed by atoms with Crippen molar-refractivity contribution in [3.05, 3.63) is 57.8 Å². The van der Waals surface area contributed by atoms with Gasteiger partial charge in [-0.2, -0.15) is 0 Å². The summed E-state index contributed by atoms with van der Waals surface area (Å²) < 4.78 is 0. The summed E-state index contributed by atoms with van der Waals surface area (Å²) in [5.41, 5.74) is 2.89. The van der Waals surface area contributed by atoms with Crippen LogP contribution in [0.15, 0.2) is 41.8 Å². The Hall–Kier alpha value is -1.65. The standard InChI is InChI=1S/C17H20N2OS/c20-17(12-16-6-3-11-21-16)18-8-10-19-9-7-14-4-1-2-5-15(14)13-19/h1-6,11H,7-10,12-13H2,(H,18,20). The summed E-state index contributed by atoms with van der Waals surface area (Å²) in [5, 5.41) is 5.03. The molecule has 0 atom stereocenters. The van der Waals surface area contributed by atoms with E-state index >= 15 is 0 Å². The molecule has 1 aromatic heterocycles. The van der Waals surface area contributed by atoms with Crippen LogP contribution >= 0.6 is 11.3 Å². The van der Waals surface area contributed by atoms with Gasteiger partial charge in [0.05, 0.1) is 6.42 Å². The molecule has 0 fully saturated rings. The van der Waals surface area contributed by atoms with Gasteiger partial charge in [-0.3, -0.25) is 9.69 Å². The van der Waals surface area contributed by atoms with Gasteiger partial charge in [-0.15, -0.1) is 11.3 Å². The molecular weight excluding hydrogens is 280 g/mol. The Labute approximate surface area is 129 Å². The van der Waals surface area contributed by atoms with E-state index in [1.807, 2.05) is 17.5 Å². The number of carbonyl (C=O) groups is 1. The zero-order chi connectivity index (χ0) is 14.5. The summed E-state index contributed by atoms with van der Waals surface area (Å²) in [6.45, 7) is 3.73. The fourth-order valence-corrected chi connectivity index (χ4v) is 3.44. The van der Waals surface area contributed by atoms with E-state index in [1.165, 1.54) is 11.1 Å². The maximum atomic E-state index is 11.8. The van der Waals surface area contributed by atoms with Gasteiger partial charge in [-0.1, -0.05) is 30.3 Å². The zero-order valence-electron chi connectivity index (χ0n) is 12.0. The minimum Gasteiger partial charge on any atom is -0.355 e. The number of hydrogen-bond acceptors (Lipinski definition) is 3. The van der Waals surface area contributed by atoms with Crippen molar-refractivity contribution in [3.8, 4) is 0 Å². The van der Waals surface area contributed by atoms with Crippen molar-refractivity contribution in [1.29, 1.82) is 0 Å². The van der Waals surface area contributed by atoms with Gasteiger partial charge in [-0.05, 0) is 29.0 Å². The molecular formula is C17H20N2OS. The summed E-state index contributed by atoms with van der Waals surface area (Å²) in [6, 6.07) is 12.6. The Balaban J connectivity index is 1.41. The molecule has 0 aliphatic carbocycles. The number of amides is 1. The summed E-state index contributed by atoms with van der Waals surface area (Å²) in [4.78, 5) is 15.4. The van der Waals surface area contributed by atoms with Gasteiger partial charge >= 0.3 is 0 Å². The number of carbonyl (C=O) groups excluding carboxylic acids is 1. The van der Waals surface area contributed by atoms with Gasteiger partial charge in [0.25, 0.3) is 0 Å². The van der Waals surface area contributed by atoms with E-state index in [9.17, 15) is 4.79 Å². The molecule has 3 nitrogen and oxygen atoms in total. The van der Waals surface area contributed by atoms with Crippen LogP contribution in [0.1, 0.15) is 16.0 Å². The minimum absolute atomic E-state index is 0.120. The fraction of sp³-hybridized carbons (Fsp3) is 0.353. The van der Waals surface area contributed by atoms with Crippen LogP contribution in [0, 0.1) is 0 Å². The normalized spacial score (nSPS) is 14.7. The average molecular weight is 300 g/mol. The molecule has 2 heterocycles. The van der Waals surface area contributed by atoms with Crippen molar-refractivity contribution >= 4 is 17.2 Å². The molecule has 0 radical (unpaired) electrons. The Morgan fingerprint density at radius 1 is 1.19 bits per heavy atom. The van der Waals surface area contributed by atoms with Crippen molar-refractivity contribution in [2.24, 2.45) is 0 Å². The predicted molar refractivity (Wildman–Crippen MR) is 86.5 cm³/mol. The molecule has 0 spiro atoms. The highest BCUT2D eigenvalue weighted by molar-refractivity contribution is 7.10. The highest BCUT2D eigenvalue weighted by atomic mass is 32.1. The first-order valence-electron chi connectivity index (χ1n) is 7.39. The zero-order valence-corrected chi connectivity index (χ0v) is 12.9. The van der Waals surface area contributed by atoms with Crippen LogP contribution in [0.25, 0.3) is 0 Å². The van der Waals surface area contributed by atoms with E-state index in [0.29, 0.717) is 6.42 Å². The van der Waals surface area contributed by atoms with Crippen molar-refractivity contribution in [2.45, 2.75) is 19.4 Å². The Kier molecular flexibility index (Phi) is 4.68. The number of rotatable bonds is 5. The van der Waals surface area contributed by atoms with E-state index in [0.717, 1.165) is 37.5 Å². The monoisotopic (exact) mass is 300 g/mol. The summed E-state index contributed by atoms with van der Waals surface area (Å²) in [7, 11) is 0. The summed E-state index contributed by atoms with van der Waals surface area (Å²) in [5.74, 6) is 0.120. The van der Waals surface area contributed by atoms with Crippen LogP contribution in [0.4, 0.5) is 0 Å². The van der Waals surface area contributed by atoms with Gasteiger partial charge in [0.15, 0.2) is 0 Å². The highest BCUT2D eigenvalue weighted by Crippen LogP contribution is 2.17. The lowest BCUT2D eigenvalue weighted by atomic mass is 10.00. The number of benzene rings is 1. The first-order valence-corrected chi connectivity index (χ1v) is 8.27. The molecule has 1 aromatic carbocycles. The van der Waals surface area contributed by atoms with Crippen LogP contribution in [-0.2, 0) is 24.2 Å². The average Bonchev–Trinajstić information content (AvgIpc) is 3.00. The van der Waals surface area contributed by atoms with Crippen molar-refractivity contribution in [1.82, 2.24) is 10.2 Å². The molecule has 0 bridgehead atoms. The topological polar surface area (TPSA) is 32.3 Å². The lowest BCUT2D eigenvalue weighted by molar-refractivity contribution is -0.120. The number of nitrogens with one attached hydrogen (secondary N) is 1. The molecule has 0 saturated carbocycles. The van der Waals surface area contributed by atoms with E-state index in [1.54, 1.807) is 11.3 Å². The maximum absolute atomic E-state index is 11.8. The van der Waals surface area contributed by atoms with E-state index in [4.69, 9.17) is 0 Å². The molecule has 2 aromatic rings. The molecule has 1 N–H and O–H groups in total. The number of nitrogens with zero attached hydrogens (tertiary/aromatic N) is 1. The largest absolute Gasteiger partial charge is 0.355 e. The Bertz CT molecular complexity index is 595. The highest BCUT2D eigenvalue weighted by Gasteiger charge is 2.15. The molecule has 1 amide bonds. The minimum atomic E-state index is 0.120. The second kappa shape index (κ2) is 6.87. The molecule has 1 aliphatic rings. The van der Waals surface area contributed by atoms with Gasteiger partial charge in [-0.25, -0.2) is 0 Å². The lowest BCUT2D eigenvalue weighted by Gasteiger charge is -2.28. The Morgan fingerprint density at radius 3 is 2.86 bits per heavy atom. The van der Waals surface area contributed by atoms with Crippen LogP contribution in [-0.4, -0.2) is 30.4 Å². The first-order chi connectivity index (χ1) is 10.3. The molecule has 110 valence electrons. The van der Waals surface area contributed by atoms with Gasteiger partial charge in [0, 0.05) is 31.1 Å². The van der Waals surface area contributed by atoms with Crippen molar-refractivity contribution in [2.75, 3.05) is 19.6 Å². The molecule has 4 heteroatoms. The molecule has 1 aliphatic heterocycles. The Morgan fingerprint density at radius 2 is 2.05 bits per heavy atom. The molecule has 3 rings (SSSR count). The maximum Gasteiger partial charge on any atom is 0.225 e. The number of hydrogen-bond donors (Lipinski definition) is 1. The van der Waals surface area contributed by atoms with Gasteiger partial charge in [0.2, 0.25) is 5.91 Å². The number of fused-ring (bicyclic) bond motifs is 1. The van der Waals surface area contributed by atoms with Crippen molar-refractivity contribution in [3.63, 3.8) is 0 Å². The van der Waals surface area contributed by atoms with E-state index in [-0.39, 0.29) is 5.91 Å². The molecule has 0 saturated heterocycles. The van der Waals surface area contributed by atoms with Crippen molar-refractivity contribution < 1.29 is 4.79 Å². The van der Waals surface area contributed by atoms with Crippen LogP contribution in [0.5, 0.6) is 0 Å². The predicted octanol–water partition coefficient (Wildman–Crippen LogP) is 2.47. The van der Waals surface area contributed by atoms with Crippen LogP contribution in [0.3, 0.4) is 0 Å². The quantitative estimate of drug-likeness (QED) is 0.920. The SMILES string of the molecule is O=C(Cc1cccs1)NCCN1CCc2ccccc2C1. The third-order valence-corrected chi connectivity index (χ3v) is 4.75. The summed E-state index contributed by atoms with van der Waals surface area (Å²) >= 11 is 1.63.